The Morgan fingerprint density at radius 2 is 2.20 bits per heavy atom. The number of aliphatic carboxylic acids is 1. The first-order valence-corrected chi connectivity index (χ1v) is 6.03. The number of nitro groups is 1. The quantitative estimate of drug-likeness (QED) is 0.609. The van der Waals surface area contributed by atoms with Gasteiger partial charge in [0.05, 0.1) is 16.2 Å². The van der Waals surface area contributed by atoms with Crippen molar-refractivity contribution >= 4 is 17.3 Å². The van der Waals surface area contributed by atoms with E-state index in [9.17, 15) is 14.9 Å². The number of nitro benzene ring substituents is 1. The van der Waals surface area contributed by atoms with Gasteiger partial charge in [-0.15, -0.1) is 0 Å². The molecule has 0 heterocycles. The van der Waals surface area contributed by atoms with E-state index in [4.69, 9.17) is 10.4 Å². The summed E-state index contributed by atoms with van der Waals surface area (Å²) in [7, 11) is 0. The largest absolute Gasteiger partial charge is 0.480 e. The molecule has 0 aliphatic rings. The third-order valence-corrected chi connectivity index (χ3v) is 2.67. The number of hydrogen-bond donors (Lipinski definition) is 2. The number of benzene rings is 1. The smallest absolute Gasteiger partial charge is 0.326 e. The number of nitrogens with one attached hydrogen (secondary N) is 1. The molecule has 0 amide bonds. The fraction of sp³-hybridized carbons (Fsp3) is 0.385. The molecule has 1 aromatic rings. The average Bonchev–Trinajstić information content (AvgIpc) is 2.37. The summed E-state index contributed by atoms with van der Waals surface area (Å²) in [4.78, 5) is 21.2. The van der Waals surface area contributed by atoms with Gasteiger partial charge in [0, 0.05) is 12.1 Å². The van der Waals surface area contributed by atoms with E-state index < -0.39 is 16.9 Å². The molecule has 7 nitrogen and oxygen atoms in total. The lowest BCUT2D eigenvalue weighted by atomic mass is 10.0. The van der Waals surface area contributed by atoms with Crippen LogP contribution >= 0.6 is 0 Å². The minimum absolute atomic E-state index is 0.0502. The summed E-state index contributed by atoms with van der Waals surface area (Å²) in [6, 6.07) is 4.69. The zero-order valence-electron chi connectivity index (χ0n) is 11.2. The number of non-ortho nitro benzene ring substituents is 1. The predicted molar refractivity (Wildman–Crippen MR) is 72.3 cm³/mol. The number of nitrogens with zero attached hydrogens (tertiary/aromatic N) is 2. The van der Waals surface area contributed by atoms with Crippen LogP contribution in [0.5, 0.6) is 0 Å². The van der Waals surface area contributed by atoms with Crippen LogP contribution in [0.4, 0.5) is 11.4 Å². The second-order valence-electron chi connectivity index (χ2n) is 4.76. The van der Waals surface area contributed by atoms with Gasteiger partial charge in [-0.3, -0.25) is 10.1 Å². The molecule has 2 N–H and O–H groups in total. The second-order valence-corrected chi connectivity index (χ2v) is 4.76. The standard InChI is InChI=1S/C13H15N3O4/c1-8(2)5-12(13(17)18)15-11-4-3-10(16(19)20)6-9(11)7-14/h3-4,6,8,12,15H,5H2,1-2H3,(H,17,18)/t12-/m1/s1. The summed E-state index contributed by atoms with van der Waals surface area (Å²) < 4.78 is 0. The molecule has 0 saturated heterocycles. The van der Waals surface area contributed by atoms with Gasteiger partial charge in [0.1, 0.15) is 12.1 Å². The maximum Gasteiger partial charge on any atom is 0.326 e. The number of hydrogen-bond acceptors (Lipinski definition) is 5. The Bertz CT molecular complexity index is 563. The van der Waals surface area contributed by atoms with Gasteiger partial charge in [-0.05, 0) is 18.4 Å². The number of carboxylic acid groups (broad SMARTS) is 1. The van der Waals surface area contributed by atoms with Crippen LogP contribution in [0.1, 0.15) is 25.8 Å². The van der Waals surface area contributed by atoms with Crippen molar-refractivity contribution in [2.45, 2.75) is 26.3 Å². The molecule has 0 aliphatic heterocycles. The first-order valence-electron chi connectivity index (χ1n) is 6.03. The van der Waals surface area contributed by atoms with Crippen molar-refractivity contribution in [3.63, 3.8) is 0 Å². The van der Waals surface area contributed by atoms with E-state index in [1.54, 1.807) is 0 Å². The van der Waals surface area contributed by atoms with E-state index in [0.29, 0.717) is 6.42 Å². The molecule has 0 aromatic heterocycles. The lowest BCUT2D eigenvalue weighted by Gasteiger charge is -2.18. The third-order valence-electron chi connectivity index (χ3n) is 2.67. The van der Waals surface area contributed by atoms with Crippen LogP contribution in [-0.2, 0) is 4.79 Å². The van der Waals surface area contributed by atoms with Crippen LogP contribution in [0.2, 0.25) is 0 Å². The number of nitriles is 1. The molecule has 0 aliphatic carbocycles. The fourth-order valence-corrected chi connectivity index (χ4v) is 1.74. The summed E-state index contributed by atoms with van der Waals surface area (Å²) in [6.45, 7) is 3.78. The van der Waals surface area contributed by atoms with E-state index >= 15 is 0 Å². The highest BCUT2D eigenvalue weighted by Crippen LogP contribution is 2.23. The monoisotopic (exact) mass is 277 g/mol. The SMILES string of the molecule is CC(C)C[C@@H](Nc1ccc([N+](=O)[O-])cc1C#N)C(=O)O. The molecule has 7 heteroatoms. The summed E-state index contributed by atoms with van der Waals surface area (Å²) >= 11 is 0. The molecule has 0 unspecified atom stereocenters. The highest BCUT2D eigenvalue weighted by molar-refractivity contribution is 5.78. The van der Waals surface area contributed by atoms with E-state index in [-0.39, 0.29) is 22.9 Å². The Kier molecular flexibility index (Phi) is 5.03. The Labute approximate surface area is 116 Å². The van der Waals surface area contributed by atoms with Crippen LogP contribution < -0.4 is 5.32 Å². The summed E-state index contributed by atoms with van der Waals surface area (Å²) in [5.74, 6) is -0.867. The van der Waals surface area contributed by atoms with E-state index in [1.165, 1.54) is 12.1 Å². The molecule has 1 rings (SSSR count). The Balaban J connectivity index is 3.04. The fourth-order valence-electron chi connectivity index (χ4n) is 1.74. The maximum absolute atomic E-state index is 11.2. The van der Waals surface area contributed by atoms with Crippen molar-refractivity contribution in [3.8, 4) is 6.07 Å². The molecule has 1 aromatic carbocycles. The van der Waals surface area contributed by atoms with Crippen LogP contribution in [0.15, 0.2) is 18.2 Å². The van der Waals surface area contributed by atoms with Crippen molar-refractivity contribution in [3.05, 3.63) is 33.9 Å². The minimum atomic E-state index is -1.03. The minimum Gasteiger partial charge on any atom is -0.480 e. The van der Waals surface area contributed by atoms with E-state index in [2.05, 4.69) is 5.32 Å². The lowest BCUT2D eigenvalue weighted by molar-refractivity contribution is -0.384. The van der Waals surface area contributed by atoms with Gasteiger partial charge >= 0.3 is 5.97 Å². The number of carboxylic acids is 1. The van der Waals surface area contributed by atoms with Gasteiger partial charge in [0.25, 0.3) is 5.69 Å². The molecule has 1 atom stereocenters. The van der Waals surface area contributed by atoms with Crippen molar-refractivity contribution in [2.24, 2.45) is 5.92 Å². The van der Waals surface area contributed by atoms with Crippen LogP contribution in [0, 0.1) is 27.4 Å². The molecule has 0 saturated carbocycles. The Morgan fingerprint density at radius 3 is 2.65 bits per heavy atom. The van der Waals surface area contributed by atoms with Crippen LogP contribution in [0.25, 0.3) is 0 Å². The summed E-state index contributed by atoms with van der Waals surface area (Å²) in [6.07, 6.45) is 0.386. The van der Waals surface area contributed by atoms with Crippen molar-refractivity contribution in [2.75, 3.05) is 5.32 Å². The maximum atomic E-state index is 11.2. The molecule has 0 bridgehead atoms. The number of anilines is 1. The molecule has 0 radical (unpaired) electrons. The highest BCUT2D eigenvalue weighted by Gasteiger charge is 2.20. The van der Waals surface area contributed by atoms with Crippen LogP contribution in [0.3, 0.4) is 0 Å². The predicted octanol–water partition coefficient (Wildman–Crippen LogP) is 2.38. The van der Waals surface area contributed by atoms with Gasteiger partial charge in [0.15, 0.2) is 0 Å². The van der Waals surface area contributed by atoms with Gasteiger partial charge in [-0.1, -0.05) is 13.8 Å². The normalized spacial score (nSPS) is 11.7. The summed E-state index contributed by atoms with van der Waals surface area (Å²) in [5, 5.41) is 31.5. The molecule has 0 fully saturated rings. The summed E-state index contributed by atoms with van der Waals surface area (Å²) in [5.41, 5.74) is 0.128. The third kappa shape index (κ3) is 3.95. The van der Waals surface area contributed by atoms with E-state index in [1.807, 2.05) is 19.9 Å². The molecule has 20 heavy (non-hydrogen) atoms. The van der Waals surface area contributed by atoms with Gasteiger partial charge in [-0.25, -0.2) is 4.79 Å². The van der Waals surface area contributed by atoms with Gasteiger partial charge < -0.3 is 10.4 Å². The topological polar surface area (TPSA) is 116 Å². The average molecular weight is 277 g/mol. The Morgan fingerprint density at radius 1 is 1.55 bits per heavy atom. The zero-order valence-corrected chi connectivity index (χ0v) is 11.2. The Hall–Kier alpha value is -2.62. The molecule has 0 spiro atoms. The first kappa shape index (κ1) is 15.4. The molecule has 106 valence electrons. The number of rotatable bonds is 6. The van der Waals surface area contributed by atoms with Crippen molar-refractivity contribution < 1.29 is 14.8 Å². The molecular weight excluding hydrogens is 262 g/mol. The number of carbonyl (C=O) groups is 1. The molecular formula is C13H15N3O4. The zero-order chi connectivity index (χ0) is 15.3. The van der Waals surface area contributed by atoms with Gasteiger partial charge in [0.2, 0.25) is 0 Å². The lowest BCUT2D eigenvalue weighted by Crippen LogP contribution is -2.31. The van der Waals surface area contributed by atoms with Crippen molar-refractivity contribution in [1.82, 2.24) is 0 Å². The van der Waals surface area contributed by atoms with Gasteiger partial charge in [-0.2, -0.15) is 5.26 Å². The highest BCUT2D eigenvalue weighted by atomic mass is 16.6. The van der Waals surface area contributed by atoms with E-state index in [0.717, 1.165) is 6.07 Å². The first-order chi connectivity index (χ1) is 9.35. The van der Waals surface area contributed by atoms with Crippen molar-refractivity contribution in [1.29, 1.82) is 5.26 Å². The second kappa shape index (κ2) is 6.52. The van der Waals surface area contributed by atoms with Crippen LogP contribution in [-0.4, -0.2) is 22.0 Å².